The summed E-state index contributed by atoms with van der Waals surface area (Å²) in [5.41, 5.74) is 8.56. The van der Waals surface area contributed by atoms with Crippen LogP contribution in [0.2, 0.25) is 0 Å². The van der Waals surface area contributed by atoms with Crippen molar-refractivity contribution in [2.45, 2.75) is 38.8 Å². The first-order valence-corrected chi connectivity index (χ1v) is 10.4. The molecular formula is C24H35Cl3N4O. The van der Waals surface area contributed by atoms with Gasteiger partial charge in [0.05, 0.1) is 0 Å². The molecule has 0 saturated carbocycles. The molecule has 0 spiro atoms. The number of amidine groups is 1. The molecule has 0 bridgehead atoms. The summed E-state index contributed by atoms with van der Waals surface area (Å²) < 4.78 is 6.12. The Morgan fingerprint density at radius 2 is 1.78 bits per heavy atom. The van der Waals surface area contributed by atoms with Gasteiger partial charge in [0, 0.05) is 23.8 Å². The van der Waals surface area contributed by atoms with E-state index in [-0.39, 0.29) is 43.1 Å². The lowest BCUT2D eigenvalue weighted by Gasteiger charge is -2.28. The first-order valence-electron chi connectivity index (χ1n) is 10.4. The molecule has 0 atom stereocenters. The van der Waals surface area contributed by atoms with Gasteiger partial charge >= 0.3 is 0 Å². The lowest BCUT2D eigenvalue weighted by atomic mass is 10.1. The van der Waals surface area contributed by atoms with Crippen LogP contribution in [0.1, 0.15) is 37.8 Å². The lowest BCUT2D eigenvalue weighted by molar-refractivity contribution is 0.162. The van der Waals surface area contributed by atoms with E-state index in [1.54, 1.807) is 0 Å². The second-order valence-corrected chi connectivity index (χ2v) is 7.75. The molecule has 32 heavy (non-hydrogen) atoms. The maximum absolute atomic E-state index is 7.58. The molecule has 0 aromatic heterocycles. The van der Waals surface area contributed by atoms with Crippen LogP contribution in [0.3, 0.4) is 0 Å². The monoisotopic (exact) mass is 500 g/mol. The van der Waals surface area contributed by atoms with Gasteiger partial charge in [-0.3, -0.25) is 5.41 Å². The zero-order chi connectivity index (χ0) is 20.6. The van der Waals surface area contributed by atoms with Crippen molar-refractivity contribution in [2.75, 3.05) is 24.5 Å². The number of nitrogens with one attached hydrogen (secondary N) is 2. The van der Waals surface area contributed by atoms with Crippen LogP contribution < -0.4 is 20.7 Å². The highest BCUT2D eigenvalue weighted by molar-refractivity contribution is 5.95. The predicted molar refractivity (Wildman–Crippen MR) is 144 cm³/mol. The molecule has 3 rings (SSSR count). The summed E-state index contributed by atoms with van der Waals surface area (Å²) in [6.07, 6.45) is 6.68. The largest absolute Gasteiger partial charge is 0.490 e. The van der Waals surface area contributed by atoms with Gasteiger partial charge in [0.1, 0.15) is 17.7 Å². The summed E-state index contributed by atoms with van der Waals surface area (Å²) in [5, 5.41) is 10.9. The van der Waals surface area contributed by atoms with E-state index in [1.165, 1.54) is 5.69 Å². The molecule has 2 aromatic carbocycles. The summed E-state index contributed by atoms with van der Waals surface area (Å²) in [5.74, 6) is 1.04. The molecule has 4 N–H and O–H groups in total. The third-order valence-corrected chi connectivity index (χ3v) is 5.19. The van der Waals surface area contributed by atoms with Gasteiger partial charge in [-0.1, -0.05) is 30.4 Å². The van der Waals surface area contributed by atoms with Gasteiger partial charge in [0.15, 0.2) is 0 Å². The minimum Gasteiger partial charge on any atom is -0.490 e. The quantitative estimate of drug-likeness (QED) is 0.339. The summed E-state index contributed by atoms with van der Waals surface area (Å²) in [4.78, 5) is 2.35. The van der Waals surface area contributed by atoms with Crippen molar-refractivity contribution in [3.8, 4) is 5.75 Å². The van der Waals surface area contributed by atoms with Crippen LogP contribution in [-0.4, -0.2) is 37.6 Å². The van der Waals surface area contributed by atoms with Crippen molar-refractivity contribution in [1.29, 1.82) is 5.41 Å². The van der Waals surface area contributed by atoms with E-state index in [0.29, 0.717) is 12.1 Å². The average molecular weight is 502 g/mol. The van der Waals surface area contributed by atoms with Crippen LogP contribution in [-0.2, 0) is 0 Å². The van der Waals surface area contributed by atoms with Crippen molar-refractivity contribution in [3.05, 3.63) is 65.7 Å². The number of nitrogens with two attached hydrogens (primary N) is 1. The third-order valence-electron chi connectivity index (χ3n) is 5.19. The number of nitrogen functional groups attached to an aromatic ring is 1. The minimum absolute atomic E-state index is 0. The molecule has 5 nitrogen and oxygen atoms in total. The van der Waals surface area contributed by atoms with E-state index < -0.39 is 0 Å². The van der Waals surface area contributed by atoms with E-state index in [2.05, 4.69) is 60.5 Å². The van der Waals surface area contributed by atoms with Crippen molar-refractivity contribution < 1.29 is 4.74 Å². The first kappa shape index (κ1) is 30.1. The van der Waals surface area contributed by atoms with Crippen LogP contribution in [0.15, 0.2) is 54.6 Å². The van der Waals surface area contributed by atoms with Gasteiger partial charge in [-0.25, -0.2) is 0 Å². The topological polar surface area (TPSA) is 74.4 Å². The van der Waals surface area contributed by atoms with Crippen molar-refractivity contribution in [2.24, 2.45) is 5.73 Å². The van der Waals surface area contributed by atoms with Gasteiger partial charge in [-0.2, -0.15) is 0 Å². The molecule has 178 valence electrons. The molecule has 0 radical (unpaired) electrons. The zero-order valence-corrected chi connectivity index (χ0v) is 21.1. The van der Waals surface area contributed by atoms with E-state index in [0.717, 1.165) is 49.4 Å². The number of piperidine rings is 1. The van der Waals surface area contributed by atoms with E-state index >= 15 is 0 Å². The normalized spacial score (nSPS) is 13.6. The van der Waals surface area contributed by atoms with Crippen molar-refractivity contribution in [1.82, 2.24) is 5.32 Å². The number of halogens is 3. The van der Waals surface area contributed by atoms with Gasteiger partial charge < -0.3 is 20.7 Å². The average Bonchev–Trinajstić information content (AvgIpc) is 2.73. The summed E-state index contributed by atoms with van der Waals surface area (Å²) in [7, 11) is 0. The predicted octanol–water partition coefficient (Wildman–Crippen LogP) is 5.30. The Morgan fingerprint density at radius 3 is 2.38 bits per heavy atom. The summed E-state index contributed by atoms with van der Waals surface area (Å²) in [6, 6.07) is 16.5. The Kier molecular flexibility index (Phi) is 14.1. The number of ether oxygens (including phenoxy) is 1. The maximum atomic E-state index is 7.58. The molecule has 0 aliphatic carbocycles. The number of anilines is 1. The second kappa shape index (κ2) is 15.0. The Labute approximate surface area is 210 Å². The van der Waals surface area contributed by atoms with Gasteiger partial charge in [0.25, 0.3) is 0 Å². The fraction of sp³-hybridized carbons (Fsp3) is 0.375. The van der Waals surface area contributed by atoms with E-state index in [9.17, 15) is 0 Å². The van der Waals surface area contributed by atoms with Crippen molar-refractivity contribution >= 4 is 54.8 Å². The number of nitrogens with zero attached hydrogens (tertiary/aromatic N) is 1. The van der Waals surface area contributed by atoms with Crippen LogP contribution in [0.5, 0.6) is 5.75 Å². The minimum atomic E-state index is 0. The molecule has 1 fully saturated rings. The smallest absolute Gasteiger partial charge is 0.122 e. The highest BCUT2D eigenvalue weighted by Gasteiger charge is 2.15. The summed E-state index contributed by atoms with van der Waals surface area (Å²) in [6.45, 7) is 7.26. The SMILES string of the molecule is CC(C)N(CC=Cc1cccc(C(=N)N)c1)c1ccc(OC2CCNCC2)cc1.Cl.Cl.Cl. The van der Waals surface area contributed by atoms with Crippen LogP contribution in [0, 0.1) is 5.41 Å². The standard InChI is InChI=1S/C24H32N4O.3ClH/c1-18(2)28(16-4-6-19-5-3-7-20(17-19)24(25)26)21-8-10-22(11-9-21)29-23-12-14-27-15-13-23;;;/h3-11,17-18,23,27H,12-16H2,1-2H3,(H3,25,26);3*1H. The Hall–Kier alpha value is -1.92. The fourth-order valence-corrected chi connectivity index (χ4v) is 3.55. The third kappa shape index (κ3) is 8.91. The second-order valence-electron chi connectivity index (χ2n) is 7.75. The van der Waals surface area contributed by atoms with Crippen LogP contribution in [0.4, 0.5) is 5.69 Å². The van der Waals surface area contributed by atoms with E-state index in [1.807, 2.05) is 24.3 Å². The number of hydrogen-bond donors (Lipinski definition) is 3. The number of hydrogen-bond acceptors (Lipinski definition) is 4. The molecule has 0 amide bonds. The molecule has 1 saturated heterocycles. The highest BCUT2D eigenvalue weighted by Crippen LogP contribution is 2.23. The van der Waals surface area contributed by atoms with Gasteiger partial charge in [-0.05, 0) is 75.7 Å². The Balaban J connectivity index is 0.00000320. The Bertz CT molecular complexity index is 837. The Morgan fingerprint density at radius 1 is 1.12 bits per heavy atom. The number of benzene rings is 2. The van der Waals surface area contributed by atoms with Crippen LogP contribution in [0.25, 0.3) is 6.08 Å². The maximum Gasteiger partial charge on any atom is 0.122 e. The molecule has 8 heteroatoms. The zero-order valence-electron chi connectivity index (χ0n) is 18.6. The van der Waals surface area contributed by atoms with Crippen LogP contribution >= 0.6 is 37.2 Å². The van der Waals surface area contributed by atoms with Crippen molar-refractivity contribution in [3.63, 3.8) is 0 Å². The number of rotatable bonds is 8. The molecular weight excluding hydrogens is 467 g/mol. The lowest BCUT2D eigenvalue weighted by Crippen LogP contribution is -2.34. The fourth-order valence-electron chi connectivity index (χ4n) is 3.55. The van der Waals surface area contributed by atoms with Gasteiger partial charge in [-0.15, -0.1) is 37.2 Å². The van der Waals surface area contributed by atoms with Gasteiger partial charge in [0.2, 0.25) is 0 Å². The van der Waals surface area contributed by atoms with E-state index in [4.69, 9.17) is 15.9 Å². The summed E-state index contributed by atoms with van der Waals surface area (Å²) >= 11 is 0. The molecule has 1 aliphatic heterocycles. The molecule has 1 aliphatic rings. The highest BCUT2D eigenvalue weighted by atomic mass is 35.5. The molecule has 0 unspecified atom stereocenters. The first-order chi connectivity index (χ1) is 14.0. The molecule has 1 heterocycles. The molecule has 2 aromatic rings.